The van der Waals surface area contributed by atoms with E-state index < -0.39 is 0 Å². The van der Waals surface area contributed by atoms with Crippen molar-refractivity contribution in [2.45, 2.75) is 38.1 Å². The first-order valence-electron chi connectivity index (χ1n) is 6.64. The van der Waals surface area contributed by atoms with Crippen molar-refractivity contribution in [3.8, 4) is 5.69 Å². The second-order valence-electron chi connectivity index (χ2n) is 4.81. The molecule has 1 saturated carbocycles. The molecule has 0 aliphatic heterocycles. The summed E-state index contributed by atoms with van der Waals surface area (Å²) in [4.78, 5) is 8.46. The Morgan fingerprint density at radius 3 is 2.61 bits per heavy atom. The molecule has 0 amide bonds. The van der Waals surface area contributed by atoms with E-state index in [1.807, 2.05) is 24.5 Å². The molecule has 18 heavy (non-hydrogen) atoms. The molecule has 2 aromatic heterocycles. The van der Waals surface area contributed by atoms with E-state index in [0.29, 0.717) is 6.04 Å². The van der Waals surface area contributed by atoms with Crippen molar-refractivity contribution in [2.75, 3.05) is 5.32 Å². The Balaban J connectivity index is 1.79. The van der Waals surface area contributed by atoms with Gasteiger partial charge in [0.1, 0.15) is 0 Å². The van der Waals surface area contributed by atoms with Crippen LogP contribution in [0.3, 0.4) is 0 Å². The highest BCUT2D eigenvalue weighted by Gasteiger charge is 2.15. The summed E-state index contributed by atoms with van der Waals surface area (Å²) in [5.74, 6) is 0.938. The molecule has 94 valence electrons. The third-order valence-electron chi connectivity index (χ3n) is 3.52. The maximum atomic E-state index is 4.42. The summed E-state index contributed by atoms with van der Waals surface area (Å²) in [7, 11) is 0. The number of aromatic nitrogens is 3. The summed E-state index contributed by atoms with van der Waals surface area (Å²) in [5.41, 5.74) is 1.10. The summed E-state index contributed by atoms with van der Waals surface area (Å²) in [6.45, 7) is 0. The smallest absolute Gasteiger partial charge is 0.207 e. The van der Waals surface area contributed by atoms with Gasteiger partial charge in [-0.1, -0.05) is 19.3 Å². The van der Waals surface area contributed by atoms with E-state index in [2.05, 4.69) is 19.9 Å². The van der Waals surface area contributed by atoms with Crippen molar-refractivity contribution in [3.63, 3.8) is 0 Å². The minimum atomic E-state index is 0.571. The third-order valence-corrected chi connectivity index (χ3v) is 3.52. The van der Waals surface area contributed by atoms with Gasteiger partial charge >= 0.3 is 0 Å². The van der Waals surface area contributed by atoms with Crippen molar-refractivity contribution >= 4 is 5.95 Å². The molecule has 0 aromatic carbocycles. The summed E-state index contributed by atoms with van der Waals surface area (Å²) in [5, 5.41) is 3.56. The van der Waals surface area contributed by atoms with E-state index in [0.717, 1.165) is 11.6 Å². The Bertz CT molecular complexity index is 486. The number of pyridine rings is 1. The zero-order chi connectivity index (χ0) is 12.2. The quantitative estimate of drug-likeness (QED) is 0.899. The van der Waals surface area contributed by atoms with Gasteiger partial charge < -0.3 is 5.32 Å². The van der Waals surface area contributed by atoms with Gasteiger partial charge in [-0.2, -0.15) is 0 Å². The van der Waals surface area contributed by atoms with Gasteiger partial charge in [-0.3, -0.25) is 9.55 Å². The zero-order valence-electron chi connectivity index (χ0n) is 10.4. The minimum Gasteiger partial charge on any atom is -0.353 e. The number of rotatable bonds is 3. The Labute approximate surface area is 107 Å². The third kappa shape index (κ3) is 2.37. The van der Waals surface area contributed by atoms with Gasteiger partial charge in [-0.25, -0.2) is 4.98 Å². The van der Waals surface area contributed by atoms with Crippen LogP contribution in [0.1, 0.15) is 32.1 Å². The topological polar surface area (TPSA) is 42.7 Å². The van der Waals surface area contributed by atoms with Gasteiger partial charge in [-0.15, -0.1) is 0 Å². The lowest BCUT2D eigenvalue weighted by molar-refractivity contribution is 0.460. The molecule has 1 N–H and O–H groups in total. The van der Waals surface area contributed by atoms with Crippen LogP contribution in [0.5, 0.6) is 0 Å². The van der Waals surface area contributed by atoms with Gasteiger partial charge in [0.2, 0.25) is 5.95 Å². The molecule has 4 nitrogen and oxygen atoms in total. The van der Waals surface area contributed by atoms with Gasteiger partial charge in [0.25, 0.3) is 0 Å². The van der Waals surface area contributed by atoms with Crippen LogP contribution in [0.15, 0.2) is 36.9 Å². The summed E-state index contributed by atoms with van der Waals surface area (Å²) >= 11 is 0. The predicted octanol–water partition coefficient (Wildman–Crippen LogP) is 3.01. The maximum absolute atomic E-state index is 4.42. The Morgan fingerprint density at radius 2 is 1.83 bits per heavy atom. The molecule has 0 spiro atoms. The molecule has 3 rings (SSSR count). The number of nitrogens with zero attached hydrogens (tertiary/aromatic N) is 3. The minimum absolute atomic E-state index is 0.571. The molecule has 1 aliphatic carbocycles. The number of anilines is 1. The van der Waals surface area contributed by atoms with Crippen molar-refractivity contribution in [3.05, 3.63) is 36.9 Å². The molecular formula is C14H18N4. The Kier molecular flexibility index (Phi) is 3.26. The number of hydrogen-bond acceptors (Lipinski definition) is 3. The summed E-state index contributed by atoms with van der Waals surface area (Å²) in [6, 6.07) is 4.56. The first kappa shape index (κ1) is 11.3. The van der Waals surface area contributed by atoms with Crippen LogP contribution in [0.2, 0.25) is 0 Å². The molecule has 0 atom stereocenters. The largest absolute Gasteiger partial charge is 0.353 e. The zero-order valence-corrected chi connectivity index (χ0v) is 10.4. The highest BCUT2D eigenvalue weighted by Crippen LogP contribution is 2.22. The fourth-order valence-corrected chi connectivity index (χ4v) is 2.55. The highest BCUT2D eigenvalue weighted by molar-refractivity contribution is 5.41. The molecule has 0 bridgehead atoms. The van der Waals surface area contributed by atoms with Crippen LogP contribution in [0.25, 0.3) is 5.69 Å². The first-order valence-corrected chi connectivity index (χ1v) is 6.64. The van der Waals surface area contributed by atoms with Crippen molar-refractivity contribution in [1.82, 2.24) is 14.5 Å². The monoisotopic (exact) mass is 242 g/mol. The normalized spacial score (nSPS) is 16.7. The summed E-state index contributed by atoms with van der Waals surface area (Å²) in [6.07, 6.45) is 14.0. The van der Waals surface area contributed by atoms with Crippen LogP contribution >= 0.6 is 0 Å². The van der Waals surface area contributed by atoms with Crippen molar-refractivity contribution in [1.29, 1.82) is 0 Å². The predicted molar refractivity (Wildman–Crippen MR) is 71.9 cm³/mol. The van der Waals surface area contributed by atoms with E-state index in [9.17, 15) is 0 Å². The van der Waals surface area contributed by atoms with Crippen molar-refractivity contribution < 1.29 is 0 Å². The van der Waals surface area contributed by atoms with E-state index in [1.165, 1.54) is 32.1 Å². The molecule has 1 fully saturated rings. The second kappa shape index (κ2) is 5.21. The fraction of sp³-hybridized carbons (Fsp3) is 0.429. The van der Waals surface area contributed by atoms with Crippen LogP contribution < -0.4 is 5.32 Å². The van der Waals surface area contributed by atoms with Crippen LogP contribution in [0, 0.1) is 0 Å². The van der Waals surface area contributed by atoms with Gasteiger partial charge in [0.05, 0.1) is 5.69 Å². The number of hydrogen-bond donors (Lipinski definition) is 1. The molecule has 2 heterocycles. The average Bonchev–Trinajstić information content (AvgIpc) is 2.89. The number of imidazole rings is 1. The fourth-order valence-electron chi connectivity index (χ4n) is 2.55. The molecule has 1 aliphatic rings. The van der Waals surface area contributed by atoms with Crippen LogP contribution in [0.4, 0.5) is 5.95 Å². The van der Waals surface area contributed by atoms with E-state index in [4.69, 9.17) is 0 Å². The lowest BCUT2D eigenvalue weighted by Crippen LogP contribution is -2.24. The van der Waals surface area contributed by atoms with E-state index >= 15 is 0 Å². The summed E-state index contributed by atoms with van der Waals surface area (Å²) < 4.78 is 2.08. The van der Waals surface area contributed by atoms with Crippen LogP contribution in [-0.2, 0) is 0 Å². The number of nitrogens with one attached hydrogen (secondary N) is 1. The van der Waals surface area contributed by atoms with Crippen molar-refractivity contribution in [2.24, 2.45) is 0 Å². The first-order chi connectivity index (χ1) is 8.93. The maximum Gasteiger partial charge on any atom is 0.207 e. The van der Waals surface area contributed by atoms with E-state index in [-0.39, 0.29) is 0 Å². The lowest BCUT2D eigenvalue weighted by atomic mass is 9.96. The van der Waals surface area contributed by atoms with Gasteiger partial charge in [0.15, 0.2) is 0 Å². The average molecular weight is 242 g/mol. The molecule has 4 heteroatoms. The molecular weight excluding hydrogens is 224 g/mol. The second-order valence-corrected chi connectivity index (χ2v) is 4.81. The van der Waals surface area contributed by atoms with Gasteiger partial charge in [0, 0.05) is 30.8 Å². The molecule has 2 aromatic rings. The SMILES string of the molecule is c1cc(-n2ccnc2NC2CCCCC2)ccn1. The van der Waals surface area contributed by atoms with Crippen LogP contribution in [-0.4, -0.2) is 20.6 Å². The Morgan fingerprint density at radius 1 is 1.06 bits per heavy atom. The lowest BCUT2D eigenvalue weighted by Gasteiger charge is -2.23. The van der Waals surface area contributed by atoms with Gasteiger partial charge in [-0.05, 0) is 25.0 Å². The van der Waals surface area contributed by atoms with E-state index in [1.54, 1.807) is 12.4 Å². The Hall–Kier alpha value is -1.84. The highest BCUT2D eigenvalue weighted by atomic mass is 15.2. The standard InChI is InChI=1S/C14H18N4/c1-2-4-12(5-3-1)17-14-16-10-11-18(14)13-6-8-15-9-7-13/h6-12H,1-5H2,(H,16,17). The molecule has 0 saturated heterocycles. The molecule has 0 radical (unpaired) electrons. The molecule has 0 unspecified atom stereocenters.